The van der Waals surface area contributed by atoms with Gasteiger partial charge < -0.3 is 9.47 Å². The average Bonchev–Trinajstić information content (AvgIpc) is 2.80. The summed E-state index contributed by atoms with van der Waals surface area (Å²) in [6.07, 6.45) is 0. The second kappa shape index (κ2) is 5.58. The van der Waals surface area contributed by atoms with Crippen LogP contribution in [0.2, 0.25) is 0 Å². The zero-order chi connectivity index (χ0) is 14.1. The van der Waals surface area contributed by atoms with Crippen molar-refractivity contribution in [2.75, 3.05) is 13.2 Å². The molecule has 104 valence electrons. The number of carbonyl (C=O) groups is 1. The molecule has 3 rings (SSSR count). The Morgan fingerprint density at radius 1 is 1.20 bits per heavy atom. The Hall–Kier alpha value is -1.33. The SMILES string of the molecule is CC1COc2ccc(C(=O)c3ccc(Br)s3)cc2OC1. The first-order chi connectivity index (χ1) is 9.63. The standard InChI is InChI=1S/C15H13BrO3S/c1-9-7-18-11-3-2-10(6-12(11)19-8-9)15(17)13-4-5-14(16)20-13/h2-6,9H,7-8H2,1H3. The van der Waals surface area contributed by atoms with Gasteiger partial charge in [-0.15, -0.1) is 11.3 Å². The van der Waals surface area contributed by atoms with Gasteiger partial charge in [0.05, 0.1) is 21.9 Å². The molecule has 1 atom stereocenters. The Labute approximate surface area is 129 Å². The highest BCUT2D eigenvalue weighted by molar-refractivity contribution is 9.11. The molecule has 5 heteroatoms. The molecular formula is C15H13BrO3S. The van der Waals surface area contributed by atoms with Crippen LogP contribution in [0.1, 0.15) is 22.2 Å². The molecule has 0 fully saturated rings. The number of carbonyl (C=O) groups excluding carboxylic acids is 1. The maximum atomic E-state index is 12.4. The fraction of sp³-hybridized carbons (Fsp3) is 0.267. The summed E-state index contributed by atoms with van der Waals surface area (Å²) in [4.78, 5) is 13.1. The van der Waals surface area contributed by atoms with E-state index >= 15 is 0 Å². The van der Waals surface area contributed by atoms with Crippen LogP contribution in [-0.4, -0.2) is 19.0 Å². The Balaban J connectivity index is 1.90. The molecule has 0 bridgehead atoms. The Bertz CT molecular complexity index is 650. The largest absolute Gasteiger partial charge is 0.489 e. The lowest BCUT2D eigenvalue weighted by Gasteiger charge is -2.08. The number of ketones is 1. The first-order valence-electron chi connectivity index (χ1n) is 6.33. The van der Waals surface area contributed by atoms with Gasteiger partial charge in [-0.05, 0) is 46.3 Å². The number of hydrogen-bond acceptors (Lipinski definition) is 4. The van der Waals surface area contributed by atoms with E-state index in [0.29, 0.717) is 41.1 Å². The molecule has 0 aliphatic carbocycles. The van der Waals surface area contributed by atoms with Crippen LogP contribution in [-0.2, 0) is 0 Å². The van der Waals surface area contributed by atoms with E-state index < -0.39 is 0 Å². The van der Waals surface area contributed by atoms with Crippen LogP contribution >= 0.6 is 27.3 Å². The molecule has 2 aromatic rings. The smallest absolute Gasteiger partial charge is 0.203 e. The van der Waals surface area contributed by atoms with E-state index in [-0.39, 0.29) is 5.78 Å². The molecule has 1 unspecified atom stereocenters. The topological polar surface area (TPSA) is 35.5 Å². The third-order valence-corrected chi connectivity index (χ3v) is 4.67. The second-order valence-electron chi connectivity index (χ2n) is 4.82. The van der Waals surface area contributed by atoms with E-state index in [4.69, 9.17) is 9.47 Å². The van der Waals surface area contributed by atoms with Crippen molar-refractivity contribution in [3.8, 4) is 11.5 Å². The minimum atomic E-state index is 0.00407. The lowest BCUT2D eigenvalue weighted by molar-refractivity contribution is 0.104. The van der Waals surface area contributed by atoms with Gasteiger partial charge in [0, 0.05) is 11.5 Å². The number of ether oxygens (including phenoxy) is 2. The molecule has 0 amide bonds. The van der Waals surface area contributed by atoms with Crippen molar-refractivity contribution < 1.29 is 14.3 Å². The fourth-order valence-electron chi connectivity index (χ4n) is 1.97. The Kier molecular flexibility index (Phi) is 3.81. The van der Waals surface area contributed by atoms with Crippen molar-refractivity contribution in [2.24, 2.45) is 5.92 Å². The third kappa shape index (κ3) is 2.74. The van der Waals surface area contributed by atoms with Gasteiger partial charge in [0.2, 0.25) is 5.78 Å². The third-order valence-electron chi connectivity index (χ3n) is 3.05. The van der Waals surface area contributed by atoms with Gasteiger partial charge in [-0.25, -0.2) is 0 Å². The van der Waals surface area contributed by atoms with E-state index in [1.165, 1.54) is 11.3 Å². The first kappa shape index (κ1) is 13.6. The van der Waals surface area contributed by atoms with Crippen LogP contribution in [0.5, 0.6) is 11.5 Å². The molecule has 2 heterocycles. The highest BCUT2D eigenvalue weighted by Gasteiger charge is 2.18. The minimum absolute atomic E-state index is 0.00407. The van der Waals surface area contributed by atoms with Crippen LogP contribution in [0.25, 0.3) is 0 Å². The van der Waals surface area contributed by atoms with Gasteiger partial charge in [0.25, 0.3) is 0 Å². The van der Waals surface area contributed by atoms with Crippen LogP contribution < -0.4 is 9.47 Å². The molecule has 1 aliphatic rings. The fourth-order valence-corrected chi connectivity index (χ4v) is 3.32. The normalized spacial score (nSPS) is 17.6. The summed E-state index contributed by atoms with van der Waals surface area (Å²) in [5.41, 5.74) is 0.622. The van der Waals surface area contributed by atoms with Gasteiger partial charge in [0.15, 0.2) is 11.5 Å². The molecule has 0 radical (unpaired) electrons. The van der Waals surface area contributed by atoms with Crippen LogP contribution in [0, 0.1) is 5.92 Å². The maximum Gasteiger partial charge on any atom is 0.203 e. The number of thiophene rings is 1. The van der Waals surface area contributed by atoms with Crippen molar-refractivity contribution >= 4 is 33.0 Å². The summed E-state index contributed by atoms with van der Waals surface area (Å²) in [7, 11) is 0. The molecule has 0 N–H and O–H groups in total. The molecule has 0 saturated carbocycles. The zero-order valence-electron chi connectivity index (χ0n) is 10.9. The first-order valence-corrected chi connectivity index (χ1v) is 7.94. The van der Waals surface area contributed by atoms with E-state index in [2.05, 4.69) is 22.9 Å². The van der Waals surface area contributed by atoms with E-state index in [1.54, 1.807) is 12.1 Å². The molecule has 1 aromatic carbocycles. The van der Waals surface area contributed by atoms with Crippen molar-refractivity contribution in [3.63, 3.8) is 0 Å². The lowest BCUT2D eigenvalue weighted by Crippen LogP contribution is -2.12. The zero-order valence-corrected chi connectivity index (χ0v) is 13.3. The summed E-state index contributed by atoms with van der Waals surface area (Å²) >= 11 is 4.80. The minimum Gasteiger partial charge on any atom is -0.489 e. The highest BCUT2D eigenvalue weighted by Crippen LogP contribution is 2.33. The second-order valence-corrected chi connectivity index (χ2v) is 7.28. The van der Waals surface area contributed by atoms with E-state index in [0.717, 1.165) is 3.79 Å². The van der Waals surface area contributed by atoms with E-state index in [9.17, 15) is 4.79 Å². The molecule has 1 aliphatic heterocycles. The van der Waals surface area contributed by atoms with Crippen molar-refractivity contribution in [2.45, 2.75) is 6.92 Å². The predicted molar refractivity (Wildman–Crippen MR) is 82.0 cm³/mol. The number of benzene rings is 1. The molecule has 0 saturated heterocycles. The Morgan fingerprint density at radius 3 is 2.65 bits per heavy atom. The van der Waals surface area contributed by atoms with Crippen molar-refractivity contribution in [3.05, 3.63) is 44.6 Å². The summed E-state index contributed by atoms with van der Waals surface area (Å²) in [6.45, 7) is 3.31. The molecular weight excluding hydrogens is 340 g/mol. The predicted octanol–water partition coefficient (Wildman–Crippen LogP) is 4.15. The molecule has 1 aromatic heterocycles. The molecule has 3 nitrogen and oxygen atoms in total. The van der Waals surface area contributed by atoms with Crippen LogP contribution in [0.4, 0.5) is 0 Å². The molecule has 0 spiro atoms. The lowest BCUT2D eigenvalue weighted by atomic mass is 10.1. The molecule has 20 heavy (non-hydrogen) atoms. The van der Waals surface area contributed by atoms with Crippen molar-refractivity contribution in [1.82, 2.24) is 0 Å². The number of halogens is 1. The average molecular weight is 353 g/mol. The monoisotopic (exact) mass is 352 g/mol. The van der Waals surface area contributed by atoms with Gasteiger partial charge in [-0.2, -0.15) is 0 Å². The van der Waals surface area contributed by atoms with Crippen LogP contribution in [0.15, 0.2) is 34.1 Å². The number of fused-ring (bicyclic) bond motifs is 1. The van der Waals surface area contributed by atoms with Gasteiger partial charge in [-0.3, -0.25) is 4.79 Å². The van der Waals surface area contributed by atoms with Crippen molar-refractivity contribution in [1.29, 1.82) is 0 Å². The summed E-state index contributed by atoms with van der Waals surface area (Å²) in [5.74, 6) is 1.70. The van der Waals surface area contributed by atoms with Gasteiger partial charge in [0.1, 0.15) is 0 Å². The summed E-state index contributed by atoms with van der Waals surface area (Å²) < 4.78 is 12.3. The Morgan fingerprint density at radius 2 is 1.95 bits per heavy atom. The van der Waals surface area contributed by atoms with Gasteiger partial charge in [-0.1, -0.05) is 6.92 Å². The quantitative estimate of drug-likeness (QED) is 0.761. The van der Waals surface area contributed by atoms with Crippen LogP contribution in [0.3, 0.4) is 0 Å². The number of rotatable bonds is 2. The maximum absolute atomic E-state index is 12.4. The summed E-state index contributed by atoms with van der Waals surface area (Å²) in [6, 6.07) is 9.06. The number of hydrogen-bond donors (Lipinski definition) is 0. The highest BCUT2D eigenvalue weighted by atomic mass is 79.9. The van der Waals surface area contributed by atoms with E-state index in [1.807, 2.05) is 18.2 Å². The summed E-state index contributed by atoms with van der Waals surface area (Å²) in [5, 5.41) is 0. The van der Waals surface area contributed by atoms with Gasteiger partial charge >= 0.3 is 0 Å².